The van der Waals surface area contributed by atoms with E-state index in [2.05, 4.69) is 14.9 Å². The topological polar surface area (TPSA) is 148 Å². The number of hydrogen-bond acceptors (Lipinski definition) is 9. The van der Waals surface area contributed by atoms with Gasteiger partial charge in [0.05, 0.1) is 70.2 Å². The van der Waals surface area contributed by atoms with Gasteiger partial charge in [0.2, 0.25) is 11.8 Å². The maximum atomic E-state index is 12.8. The van der Waals surface area contributed by atoms with Crippen LogP contribution in [0.15, 0.2) is 109 Å². The van der Waals surface area contributed by atoms with Crippen molar-refractivity contribution in [2.24, 2.45) is 5.73 Å². The van der Waals surface area contributed by atoms with Crippen LogP contribution in [0.3, 0.4) is 0 Å². The maximum Gasteiger partial charge on any atom is 0.416 e. The van der Waals surface area contributed by atoms with E-state index in [0.717, 1.165) is 65.0 Å². The predicted octanol–water partition coefficient (Wildman–Crippen LogP) is 10.3. The zero-order valence-electron chi connectivity index (χ0n) is 37.6. The molecule has 362 valence electrons. The average molecular weight is 979 g/mol. The molecular weight excluding hydrogens is 926 g/mol. The number of nitrogens with one attached hydrogen (secondary N) is 1. The van der Waals surface area contributed by atoms with Gasteiger partial charge in [0.25, 0.3) is 0 Å². The van der Waals surface area contributed by atoms with E-state index in [4.69, 9.17) is 29.8 Å². The van der Waals surface area contributed by atoms with Gasteiger partial charge in [-0.1, -0.05) is 36.4 Å². The normalized spacial score (nSPS) is 15.6. The number of aryl methyl sites for hydroxylation is 2. The second kappa shape index (κ2) is 21.3. The van der Waals surface area contributed by atoms with Crippen molar-refractivity contribution in [3.05, 3.63) is 131 Å². The van der Waals surface area contributed by atoms with Gasteiger partial charge in [-0.15, -0.1) is 22.6 Å². The monoisotopic (exact) mass is 978 g/mol. The Hall–Kier alpha value is -5.28. The van der Waals surface area contributed by atoms with Crippen molar-refractivity contribution in [1.29, 1.82) is 0 Å². The SMILES string of the molecule is CCn1nc(Oc2ccc(C(F)(F)F)cc2)cc1-c1cccc(C2(N)COC2)c1.CCn1nc(Oc2ccc(C(F)(F)F)cc2)cc1-c1cccc(C2(NS(=O)C(C)(C)C)COC2)c1.CO.Cl. The number of aliphatic hydroxyl groups excluding tert-OH is 1. The molecule has 0 radical (unpaired) electrons. The van der Waals surface area contributed by atoms with Gasteiger partial charge in [0.15, 0.2) is 0 Å². The van der Waals surface area contributed by atoms with Gasteiger partial charge in [0, 0.05) is 43.5 Å². The smallest absolute Gasteiger partial charge is 0.416 e. The summed E-state index contributed by atoms with van der Waals surface area (Å²) in [6.07, 6.45) is -8.79. The minimum absolute atomic E-state index is 0. The molecule has 1 unspecified atom stereocenters. The summed E-state index contributed by atoms with van der Waals surface area (Å²) in [5.74, 6) is 1.13. The zero-order valence-corrected chi connectivity index (χ0v) is 39.2. The minimum Gasteiger partial charge on any atom is -0.438 e. The molecule has 2 aromatic heterocycles. The van der Waals surface area contributed by atoms with Crippen LogP contribution in [0.2, 0.25) is 0 Å². The van der Waals surface area contributed by atoms with Crippen LogP contribution in [-0.2, 0) is 57.0 Å². The lowest BCUT2D eigenvalue weighted by Crippen LogP contribution is -2.59. The fraction of sp³-hybridized carbons (Fsp3) is 0.362. The Morgan fingerprint density at radius 2 is 1.07 bits per heavy atom. The zero-order chi connectivity index (χ0) is 48.1. The Morgan fingerprint density at radius 1 is 0.672 bits per heavy atom. The summed E-state index contributed by atoms with van der Waals surface area (Å²) in [6.45, 7) is 12.6. The van der Waals surface area contributed by atoms with Crippen LogP contribution < -0.4 is 19.9 Å². The van der Waals surface area contributed by atoms with Crippen LogP contribution in [0.5, 0.6) is 23.3 Å². The standard InChI is InChI=1S/C25H28F3N3O3S.C21H20F3N3O2.CH4O.ClH/c1-5-31-21(14-22(29-31)34-20-11-9-18(10-12-20)25(26,27)28)17-7-6-8-19(13-17)24(15-33-16-24)30-35(32)23(2,3)4;1-2-27-18(14-4-3-5-16(10-14)20(25)12-28-13-20)11-19(26-27)29-17-8-6-15(7-9-17)21(22,23)24;1-2;/h6-14,30H,5,15-16H2,1-4H3;3-11H,2,12-13,25H2,1H3;2H,1H3;1H. The second-order valence-corrected chi connectivity index (χ2v) is 18.5. The van der Waals surface area contributed by atoms with Gasteiger partial charge in [-0.3, -0.25) is 9.36 Å². The number of benzene rings is 4. The molecule has 6 aromatic rings. The molecule has 0 aliphatic carbocycles. The van der Waals surface area contributed by atoms with Crippen molar-refractivity contribution in [2.75, 3.05) is 33.5 Å². The van der Waals surface area contributed by atoms with Gasteiger partial charge in [-0.25, -0.2) is 8.93 Å². The van der Waals surface area contributed by atoms with E-state index in [0.29, 0.717) is 45.4 Å². The first kappa shape index (κ1) is 52.7. The van der Waals surface area contributed by atoms with Crippen molar-refractivity contribution in [2.45, 2.75) is 75.9 Å². The molecule has 12 nitrogen and oxygen atoms in total. The van der Waals surface area contributed by atoms with Crippen molar-refractivity contribution in [3.63, 3.8) is 0 Å². The Morgan fingerprint density at radius 3 is 1.42 bits per heavy atom. The Labute approximate surface area is 393 Å². The molecule has 2 aliphatic heterocycles. The van der Waals surface area contributed by atoms with Crippen LogP contribution in [0, 0.1) is 0 Å². The summed E-state index contributed by atoms with van der Waals surface area (Å²) in [4.78, 5) is 0. The maximum absolute atomic E-state index is 12.8. The highest BCUT2D eigenvalue weighted by atomic mass is 35.5. The number of halogens is 7. The van der Waals surface area contributed by atoms with E-state index in [9.17, 15) is 30.6 Å². The third-order valence-electron chi connectivity index (χ3n) is 10.6. The van der Waals surface area contributed by atoms with Crippen molar-refractivity contribution in [1.82, 2.24) is 24.3 Å². The van der Waals surface area contributed by atoms with Gasteiger partial charge in [-0.05, 0) is 106 Å². The fourth-order valence-corrected chi connectivity index (χ4v) is 7.77. The molecule has 67 heavy (non-hydrogen) atoms. The first-order chi connectivity index (χ1) is 31.2. The van der Waals surface area contributed by atoms with Gasteiger partial charge in [0.1, 0.15) is 17.0 Å². The molecule has 0 amide bonds. The Kier molecular flexibility index (Phi) is 16.8. The number of nitrogens with zero attached hydrogens (tertiary/aromatic N) is 4. The summed E-state index contributed by atoms with van der Waals surface area (Å²) in [5, 5.41) is 15.9. The predicted molar refractivity (Wildman–Crippen MR) is 245 cm³/mol. The molecule has 0 saturated carbocycles. The van der Waals surface area contributed by atoms with Gasteiger partial charge in [-0.2, -0.15) is 26.3 Å². The molecule has 8 rings (SSSR count). The highest BCUT2D eigenvalue weighted by Gasteiger charge is 2.44. The molecule has 0 spiro atoms. The summed E-state index contributed by atoms with van der Waals surface area (Å²) >= 11 is 0. The molecule has 2 fully saturated rings. The summed E-state index contributed by atoms with van der Waals surface area (Å²) in [7, 11) is -0.277. The van der Waals surface area contributed by atoms with Gasteiger partial charge >= 0.3 is 12.4 Å². The van der Waals surface area contributed by atoms with E-state index >= 15 is 0 Å². The second-order valence-electron chi connectivity index (χ2n) is 16.5. The number of nitrogens with two attached hydrogens (primary N) is 1. The lowest BCUT2D eigenvalue weighted by molar-refractivity contribution is -0.138. The average Bonchev–Trinajstić information content (AvgIpc) is 3.88. The summed E-state index contributed by atoms with van der Waals surface area (Å²) in [6, 6.07) is 28.3. The fourth-order valence-electron chi connectivity index (χ4n) is 6.87. The Balaban J connectivity index is 0.000000242. The third kappa shape index (κ3) is 12.4. The van der Waals surface area contributed by atoms with Crippen LogP contribution in [0.4, 0.5) is 26.3 Å². The van der Waals surface area contributed by atoms with Crippen molar-refractivity contribution < 1.29 is 54.6 Å². The largest absolute Gasteiger partial charge is 0.438 e. The van der Waals surface area contributed by atoms with Crippen molar-refractivity contribution in [3.8, 4) is 45.8 Å². The van der Waals surface area contributed by atoms with Crippen molar-refractivity contribution >= 4 is 23.4 Å². The molecule has 4 N–H and O–H groups in total. The molecule has 2 aliphatic rings. The molecule has 4 aromatic carbocycles. The number of aliphatic hydroxyl groups is 1. The van der Waals surface area contributed by atoms with E-state index < -0.39 is 50.3 Å². The first-order valence-electron chi connectivity index (χ1n) is 20.9. The molecule has 20 heteroatoms. The van der Waals surface area contributed by atoms with Crippen LogP contribution >= 0.6 is 12.4 Å². The van der Waals surface area contributed by atoms with Crippen LogP contribution in [-0.4, -0.2) is 67.2 Å². The molecule has 0 bridgehead atoms. The van der Waals surface area contributed by atoms with Crippen LogP contribution in [0.25, 0.3) is 22.5 Å². The molecular formula is C47H53ClF6N6O6S. The first-order valence-corrected chi connectivity index (χ1v) is 22.0. The highest BCUT2D eigenvalue weighted by molar-refractivity contribution is 7.84. The molecule has 4 heterocycles. The van der Waals surface area contributed by atoms with E-state index in [-0.39, 0.29) is 29.8 Å². The molecule has 1 atom stereocenters. The third-order valence-corrected chi connectivity index (χ3v) is 12.3. The van der Waals surface area contributed by atoms with Crippen LogP contribution in [0.1, 0.15) is 56.9 Å². The summed E-state index contributed by atoms with van der Waals surface area (Å²) < 4.78 is 118. The van der Waals surface area contributed by atoms with E-state index in [1.165, 1.54) is 24.3 Å². The number of hydrogen-bond donors (Lipinski definition) is 3. The Bertz CT molecular complexity index is 2590. The minimum atomic E-state index is -4.41. The lowest BCUT2D eigenvalue weighted by Gasteiger charge is -2.43. The number of alkyl halides is 6. The number of rotatable bonds is 12. The summed E-state index contributed by atoms with van der Waals surface area (Å²) in [5.41, 5.74) is 9.22. The number of ether oxygens (including phenoxy) is 4. The quantitative estimate of drug-likeness (QED) is 0.102. The lowest BCUT2D eigenvalue weighted by atomic mass is 9.88. The van der Waals surface area contributed by atoms with Gasteiger partial charge < -0.3 is 29.8 Å². The van der Waals surface area contributed by atoms with E-state index in [1.54, 1.807) is 21.5 Å². The highest BCUT2D eigenvalue weighted by Crippen LogP contribution is 2.37. The number of aromatic nitrogens is 4. The van der Waals surface area contributed by atoms with E-state index in [1.807, 2.05) is 83.1 Å². The molecule has 2 saturated heterocycles.